The molecule has 6 rings (SSSR count). The molecule has 6 aliphatic rings. The van der Waals surface area contributed by atoms with Gasteiger partial charge < -0.3 is 166 Å². The zero-order valence-electron chi connectivity index (χ0n) is 49.8. The minimum Gasteiger partial charge on any atom is -0.394 e. The molecule has 0 amide bonds. The first-order valence-corrected chi connectivity index (χ1v) is 31.0. The quantitative estimate of drug-likeness (QED) is 0.0262. The van der Waals surface area contributed by atoms with Crippen molar-refractivity contribution in [3.63, 3.8) is 0 Å². The van der Waals surface area contributed by atoms with Crippen molar-refractivity contribution >= 4 is 67.6 Å². The number of aliphatic imine (C=N–C) groups is 4. The van der Waals surface area contributed by atoms with Crippen molar-refractivity contribution < 1.29 is 172 Å². The van der Waals surface area contributed by atoms with Crippen LogP contribution in [0.2, 0.25) is 0 Å². The molecule has 0 aromatic heterocycles. The van der Waals surface area contributed by atoms with Gasteiger partial charge in [-0.05, 0) is 27.9 Å². The minimum atomic E-state index is -4.67. The molecule has 0 unspecified atom stereocenters. The highest BCUT2D eigenvalue weighted by atomic mass is 32.3. The molecule has 0 spiro atoms. The molecule has 50 nitrogen and oxygen atoms in total. The first-order valence-electron chi connectivity index (χ1n) is 26.9. The summed E-state index contributed by atoms with van der Waals surface area (Å²) in [4.78, 5) is 39.4. The van der Waals surface area contributed by atoms with E-state index in [1.165, 1.54) is 27.9 Å². The Morgan fingerprint density at radius 3 is 0.895 bits per heavy atom. The van der Waals surface area contributed by atoms with E-state index in [0.717, 1.165) is 0 Å². The van der Waals surface area contributed by atoms with Gasteiger partial charge in [0.2, 0.25) is 0 Å². The van der Waals surface area contributed by atoms with Crippen LogP contribution in [0.5, 0.6) is 0 Å². The van der Waals surface area contributed by atoms with Crippen LogP contribution < -0.4 is 56.5 Å². The molecule has 4 heterocycles. The van der Waals surface area contributed by atoms with E-state index in [0.29, 0.717) is 0 Å². The molecule has 0 aromatic rings. The number of guanidine groups is 4. The summed E-state index contributed by atoms with van der Waals surface area (Å²) >= 11 is 0. The van der Waals surface area contributed by atoms with Gasteiger partial charge in [-0.3, -0.25) is 36.9 Å². The summed E-state index contributed by atoms with van der Waals surface area (Å²) in [5.41, 5.74) is 38.8. The van der Waals surface area contributed by atoms with Crippen LogP contribution >= 0.6 is 0 Å². The zero-order chi connectivity index (χ0) is 73.7. The average Bonchev–Trinajstić information content (AvgIpc) is 1.68. The fourth-order valence-electron chi connectivity index (χ4n) is 10.2. The first kappa shape index (κ1) is 86.2. The second kappa shape index (κ2) is 35.7. The van der Waals surface area contributed by atoms with Crippen LogP contribution in [-0.2, 0) is 78.7 Å². The van der Waals surface area contributed by atoms with Gasteiger partial charge in [0.15, 0.2) is 72.8 Å². The Kier molecular flexibility index (Phi) is 32.4. The molecule has 0 aromatic carbocycles. The highest BCUT2D eigenvalue weighted by molar-refractivity contribution is 7.80. The molecule has 4 saturated heterocycles. The second-order valence-corrected chi connectivity index (χ2v) is 23.8. The van der Waals surface area contributed by atoms with Gasteiger partial charge in [0.05, 0.1) is 37.5 Å². The number of aliphatic hydroxyl groups excluding tert-OH is 12. The van der Waals surface area contributed by atoms with Crippen LogP contribution in [0.3, 0.4) is 0 Å². The van der Waals surface area contributed by atoms with Crippen LogP contribution in [0, 0.1) is 0 Å². The molecule has 53 heteroatoms. The molecular weight excluding hydrogens is 1370 g/mol. The van der Waals surface area contributed by atoms with Gasteiger partial charge in [0, 0.05) is 0 Å². The average molecular weight is 1460 g/mol. The van der Waals surface area contributed by atoms with E-state index in [9.17, 15) is 81.1 Å². The highest BCUT2D eigenvalue weighted by Crippen LogP contribution is 2.41. The van der Waals surface area contributed by atoms with Crippen LogP contribution in [0.15, 0.2) is 20.0 Å². The molecule has 38 N–H and O–H groups in total. The van der Waals surface area contributed by atoms with Crippen LogP contribution in [0.25, 0.3) is 0 Å². The fourth-order valence-corrected chi connectivity index (χ4v) is 10.2. The first-order chi connectivity index (χ1) is 43.4. The largest absolute Gasteiger partial charge is 0.394 e. The molecule has 4 aliphatic heterocycles. The smallest absolute Gasteiger partial charge is 0.394 e. The number of nitrogens with two attached hydrogens (primary N) is 8. The third-order valence-corrected chi connectivity index (χ3v) is 14.7. The van der Waals surface area contributed by atoms with E-state index in [2.05, 4.69) is 30.6 Å². The number of rotatable bonds is 18. The maximum Gasteiger partial charge on any atom is 0.394 e. The number of nitrogens with one attached hydrogen (secondary N) is 2. The lowest BCUT2D eigenvalue weighted by atomic mass is 9.81. The summed E-state index contributed by atoms with van der Waals surface area (Å²) in [7, 11) is -11.2. The predicted molar refractivity (Wildman–Crippen MR) is 308 cm³/mol. The number of hydrogen-bond donors (Lipinski definition) is 30. The molecule has 0 radical (unpaired) electrons. The molecular formula is C42H84N14O36S3. The summed E-state index contributed by atoms with van der Waals surface area (Å²) in [5.74, 6) is -2.07. The Balaban J connectivity index is 0.000000531. The zero-order valence-corrected chi connectivity index (χ0v) is 52.3. The number of ether oxygens (including phenoxy) is 8. The van der Waals surface area contributed by atoms with Crippen LogP contribution in [0.4, 0.5) is 0 Å². The molecule has 2 aliphatic carbocycles. The van der Waals surface area contributed by atoms with E-state index < -0.39 is 251 Å². The van der Waals surface area contributed by atoms with Crippen LogP contribution in [0.1, 0.15) is 13.8 Å². The number of aldehydes is 2. The van der Waals surface area contributed by atoms with Gasteiger partial charge in [0.1, 0.15) is 122 Å². The van der Waals surface area contributed by atoms with Crippen molar-refractivity contribution in [2.45, 2.75) is 196 Å². The lowest BCUT2D eigenvalue weighted by Gasteiger charge is -2.45. The van der Waals surface area contributed by atoms with Crippen molar-refractivity contribution in [2.75, 3.05) is 27.3 Å². The van der Waals surface area contributed by atoms with E-state index in [4.69, 9.17) is 136 Å². The highest BCUT2D eigenvalue weighted by Gasteiger charge is 2.63. The van der Waals surface area contributed by atoms with Crippen molar-refractivity contribution in [1.29, 1.82) is 0 Å². The lowest BCUT2D eigenvalue weighted by molar-refractivity contribution is -0.314. The van der Waals surface area contributed by atoms with E-state index in [1.807, 2.05) is 0 Å². The van der Waals surface area contributed by atoms with Crippen LogP contribution in [-0.4, -0.2) is 370 Å². The maximum absolute atomic E-state index is 12.1. The number of carbonyl (C=O) groups excluding carboxylic acids is 2. The van der Waals surface area contributed by atoms with Gasteiger partial charge in [-0.2, -0.15) is 25.3 Å². The number of carbonyl (C=O) groups is 2. The number of nitrogens with zero attached hydrogens (tertiary/aromatic N) is 4. The Bertz CT molecular complexity index is 2680. The summed E-state index contributed by atoms with van der Waals surface area (Å²) in [5, 5.41) is 153. The summed E-state index contributed by atoms with van der Waals surface area (Å²) < 4.78 is 141. The van der Waals surface area contributed by atoms with Crippen molar-refractivity contribution in [3.8, 4) is 0 Å². The molecule has 30 atom stereocenters. The molecule has 2 saturated carbocycles. The van der Waals surface area contributed by atoms with Crippen molar-refractivity contribution in [2.24, 2.45) is 65.8 Å². The van der Waals surface area contributed by atoms with E-state index in [-0.39, 0.29) is 12.6 Å². The molecule has 0 bridgehead atoms. The minimum absolute atomic E-state index is 0.140. The van der Waals surface area contributed by atoms with Gasteiger partial charge in [-0.15, -0.1) is 0 Å². The maximum atomic E-state index is 12.1. The van der Waals surface area contributed by atoms with Gasteiger partial charge in [-0.1, -0.05) is 0 Å². The number of likely N-dealkylation sites (N-methyl/N-ethyl adjacent to an activating group) is 2. The monoisotopic (exact) mass is 1460 g/mol. The van der Waals surface area contributed by atoms with E-state index in [1.54, 1.807) is 0 Å². The summed E-state index contributed by atoms with van der Waals surface area (Å²) in [6.07, 6.45) is -34.6. The summed E-state index contributed by atoms with van der Waals surface area (Å²) in [6, 6.07) is -8.16. The van der Waals surface area contributed by atoms with Gasteiger partial charge in [0.25, 0.3) is 0 Å². The Morgan fingerprint density at radius 1 is 0.421 bits per heavy atom. The third kappa shape index (κ3) is 23.6. The topological polar surface area (TPSA) is 897 Å². The van der Waals surface area contributed by atoms with Crippen molar-refractivity contribution in [3.05, 3.63) is 0 Å². The summed E-state index contributed by atoms with van der Waals surface area (Å²) in [6.45, 7) is 1.24. The molecule has 95 heavy (non-hydrogen) atoms. The molecule has 6 fully saturated rings. The third-order valence-electron chi connectivity index (χ3n) is 14.7. The SMILES string of the molecule is CN[C@@H]1[C@H](O[C@@H]2[C@H](O[C@H]3[C@H](O)[C@@H](O)[C@H](N=C(N)N)[C@@H](O)[C@@H]3N=C(N)N)O[C@@H](C)[C@]2(O)C=O)O[C@@H](CO)[C@H](O)[C@H]1O.CN[C@@H]1[C@H](O[C@@H]2[C@H](O[C@H]3[C@H](O)[C@@H](O)[C@H](N=C(N)N)[C@@H](O)[C@@H]3N=C(N)N)O[C@@H](C)[C@]2(O)C=O)O[C@@H](CO)[C@H](O)[C@H]1O.O=S(=O)(O)O.O=S(=O)(O)O.O=S(=O)(O)O. The van der Waals surface area contributed by atoms with Gasteiger partial charge >= 0.3 is 31.2 Å². The molecule has 556 valence electrons. The normalized spacial score (nSPS) is 41.8. The number of hydrogen-bond acceptors (Lipinski definition) is 36. The standard InChI is InChI=1S/2C21H39N7O12.3H2O4S/c2*1-5-21(36,4-30)16(40-17-9(26-2)13(34)10(31)6(3-29)38-17)18(37-5)39-15-8(28-20(24)25)11(32)7(27-19(22)23)12(33)14(15)35;3*1-5(2,3)4/h2*4-18,26,29,31-36H,3H2,1-2H3,(H4,22,23,27)(H4,24,25,28);3*(H2,1,2,3,4)/t2*5-,6-,7+,8-,9-,10-,11+,12-,13-,14+,15+,16+,17-,18-,21+;;;/m00.../s1. The van der Waals surface area contributed by atoms with Gasteiger partial charge in [-0.25, -0.2) is 20.0 Å². The Labute approximate surface area is 537 Å². The lowest BCUT2D eigenvalue weighted by Crippen LogP contribution is -2.66. The predicted octanol–water partition coefficient (Wildman–Crippen LogP) is -18.3. The number of aliphatic hydroxyl groups is 14. The second-order valence-electron chi connectivity index (χ2n) is 21.1. The van der Waals surface area contributed by atoms with E-state index >= 15 is 0 Å². The fraction of sp³-hybridized carbons (Fsp3) is 0.857. The Morgan fingerprint density at radius 2 is 0.674 bits per heavy atom. The van der Waals surface area contributed by atoms with Crippen molar-refractivity contribution in [1.82, 2.24) is 10.6 Å². The Hall–Kier alpha value is -4.93.